The first kappa shape index (κ1) is 14.6. The van der Waals surface area contributed by atoms with Crippen molar-refractivity contribution in [3.8, 4) is 5.75 Å². The number of carbonyl (C=O) groups excluding carboxylic acids is 1. The zero-order chi connectivity index (χ0) is 14.9. The first-order valence-electron chi connectivity index (χ1n) is 8.00. The van der Waals surface area contributed by atoms with Crippen LogP contribution in [0.25, 0.3) is 0 Å². The molecule has 1 aromatic rings. The number of carbonyl (C=O) groups is 1. The quantitative estimate of drug-likeness (QED) is 0.796. The van der Waals surface area contributed by atoms with E-state index in [0.29, 0.717) is 18.6 Å². The van der Waals surface area contributed by atoms with Gasteiger partial charge in [-0.25, -0.2) is 0 Å². The molecule has 3 rings (SSSR count). The van der Waals surface area contributed by atoms with Crippen LogP contribution in [0.1, 0.15) is 51.9 Å². The molecule has 3 nitrogen and oxygen atoms in total. The molecule has 2 N–H and O–H groups in total. The molecule has 0 aromatic heterocycles. The van der Waals surface area contributed by atoms with Crippen LogP contribution in [0, 0.1) is 5.41 Å². The van der Waals surface area contributed by atoms with Gasteiger partial charge in [-0.1, -0.05) is 25.1 Å². The Labute approximate surface area is 126 Å². The highest BCUT2D eigenvalue weighted by atomic mass is 16.5. The number of ether oxygens (including phenoxy) is 1. The number of Topliss-reactive ketones (excluding diaryl/α,β-unsaturated/α-hetero) is 1. The first-order chi connectivity index (χ1) is 9.99. The fourth-order valence-corrected chi connectivity index (χ4v) is 3.01. The van der Waals surface area contributed by atoms with Crippen molar-refractivity contribution in [2.45, 2.75) is 63.5 Å². The van der Waals surface area contributed by atoms with Crippen LogP contribution in [0.2, 0.25) is 0 Å². The normalized spacial score (nSPS) is 22.4. The van der Waals surface area contributed by atoms with Crippen molar-refractivity contribution in [1.82, 2.24) is 0 Å². The maximum absolute atomic E-state index is 12.1. The summed E-state index contributed by atoms with van der Waals surface area (Å²) < 4.78 is 6.09. The van der Waals surface area contributed by atoms with Gasteiger partial charge < -0.3 is 10.5 Å². The van der Waals surface area contributed by atoms with Crippen molar-refractivity contribution >= 4 is 5.78 Å². The SMILES string of the molecule is CC1(CC(=O)CC(N)CC2(Oc3ccccc3)CC2)CC1. The standard InChI is InChI=1S/C18H25NO2/c1-17(7-8-17)13-15(20)11-14(19)12-18(9-10-18)21-16-5-3-2-4-6-16/h2-6,14H,7-13,19H2,1H3. The summed E-state index contributed by atoms with van der Waals surface area (Å²) in [6.45, 7) is 2.19. The Morgan fingerprint density at radius 2 is 1.90 bits per heavy atom. The van der Waals surface area contributed by atoms with Gasteiger partial charge in [0.15, 0.2) is 0 Å². The van der Waals surface area contributed by atoms with E-state index in [0.717, 1.165) is 25.0 Å². The number of para-hydroxylation sites is 1. The van der Waals surface area contributed by atoms with Crippen LogP contribution < -0.4 is 10.5 Å². The smallest absolute Gasteiger partial charge is 0.134 e. The van der Waals surface area contributed by atoms with Crippen LogP contribution in [0.15, 0.2) is 30.3 Å². The van der Waals surface area contributed by atoms with Crippen LogP contribution in [-0.4, -0.2) is 17.4 Å². The van der Waals surface area contributed by atoms with Gasteiger partial charge in [0.2, 0.25) is 0 Å². The molecular formula is C18H25NO2. The summed E-state index contributed by atoms with van der Waals surface area (Å²) in [7, 11) is 0. The zero-order valence-electron chi connectivity index (χ0n) is 12.8. The predicted octanol–water partition coefficient (Wildman–Crippen LogP) is 3.46. The van der Waals surface area contributed by atoms with E-state index in [-0.39, 0.29) is 17.1 Å². The Balaban J connectivity index is 1.47. The second-order valence-electron chi connectivity index (χ2n) is 7.29. The van der Waals surface area contributed by atoms with E-state index in [1.807, 2.05) is 30.3 Å². The number of hydrogen-bond donors (Lipinski definition) is 1. The summed E-state index contributed by atoms with van der Waals surface area (Å²) >= 11 is 0. The minimum absolute atomic E-state index is 0.0777. The molecule has 1 aromatic carbocycles. The largest absolute Gasteiger partial charge is 0.487 e. The molecule has 3 heteroatoms. The van der Waals surface area contributed by atoms with Crippen LogP contribution in [0.5, 0.6) is 5.75 Å². The van der Waals surface area contributed by atoms with Crippen LogP contribution in [0.4, 0.5) is 0 Å². The minimum Gasteiger partial charge on any atom is -0.487 e. The Kier molecular flexibility index (Phi) is 3.78. The molecule has 0 spiro atoms. The molecule has 114 valence electrons. The van der Waals surface area contributed by atoms with Crippen LogP contribution >= 0.6 is 0 Å². The highest BCUT2D eigenvalue weighted by molar-refractivity contribution is 5.80. The summed E-state index contributed by atoms with van der Waals surface area (Å²) in [5, 5.41) is 0. The summed E-state index contributed by atoms with van der Waals surface area (Å²) in [6.07, 6.45) is 6.44. The highest BCUT2D eigenvalue weighted by Crippen LogP contribution is 2.49. The maximum Gasteiger partial charge on any atom is 0.134 e. The van der Waals surface area contributed by atoms with Crippen molar-refractivity contribution in [3.05, 3.63) is 30.3 Å². The van der Waals surface area contributed by atoms with Gasteiger partial charge in [0.05, 0.1) is 0 Å². The van der Waals surface area contributed by atoms with Gasteiger partial charge in [-0.05, 0) is 43.2 Å². The lowest BCUT2D eigenvalue weighted by atomic mass is 9.95. The number of ketones is 1. The second-order valence-corrected chi connectivity index (χ2v) is 7.29. The van der Waals surface area contributed by atoms with Gasteiger partial charge in [-0.15, -0.1) is 0 Å². The molecule has 0 heterocycles. The molecule has 2 aliphatic carbocycles. The van der Waals surface area contributed by atoms with E-state index in [4.69, 9.17) is 10.5 Å². The van der Waals surface area contributed by atoms with Gasteiger partial charge in [0, 0.05) is 25.3 Å². The number of rotatable bonds is 8. The molecule has 2 saturated carbocycles. The lowest BCUT2D eigenvalue weighted by Crippen LogP contribution is -2.33. The zero-order valence-corrected chi connectivity index (χ0v) is 12.8. The maximum atomic E-state index is 12.1. The molecule has 0 amide bonds. The second kappa shape index (κ2) is 5.45. The van der Waals surface area contributed by atoms with Crippen LogP contribution in [0.3, 0.4) is 0 Å². The highest BCUT2D eigenvalue weighted by Gasteiger charge is 2.47. The van der Waals surface area contributed by atoms with Crippen molar-refractivity contribution in [2.24, 2.45) is 11.1 Å². The Morgan fingerprint density at radius 1 is 1.24 bits per heavy atom. The van der Waals surface area contributed by atoms with Gasteiger partial charge in [-0.3, -0.25) is 4.79 Å². The Hall–Kier alpha value is -1.35. The van der Waals surface area contributed by atoms with Gasteiger partial charge in [-0.2, -0.15) is 0 Å². The van der Waals surface area contributed by atoms with E-state index >= 15 is 0 Å². The van der Waals surface area contributed by atoms with E-state index in [2.05, 4.69) is 6.92 Å². The van der Waals surface area contributed by atoms with Crippen molar-refractivity contribution in [3.63, 3.8) is 0 Å². The molecule has 1 unspecified atom stereocenters. The van der Waals surface area contributed by atoms with Crippen LogP contribution in [-0.2, 0) is 4.79 Å². The van der Waals surface area contributed by atoms with E-state index in [9.17, 15) is 4.79 Å². The lowest BCUT2D eigenvalue weighted by Gasteiger charge is -2.22. The topological polar surface area (TPSA) is 52.3 Å². The van der Waals surface area contributed by atoms with Gasteiger partial charge >= 0.3 is 0 Å². The molecule has 0 radical (unpaired) electrons. The molecule has 2 fully saturated rings. The Bertz CT molecular complexity index is 503. The van der Waals surface area contributed by atoms with Gasteiger partial charge in [0.1, 0.15) is 17.1 Å². The predicted molar refractivity (Wildman–Crippen MR) is 83.2 cm³/mol. The molecular weight excluding hydrogens is 262 g/mol. The fraction of sp³-hybridized carbons (Fsp3) is 0.611. The summed E-state index contributed by atoms with van der Waals surface area (Å²) in [4.78, 5) is 12.1. The lowest BCUT2D eigenvalue weighted by molar-refractivity contribution is -0.120. The summed E-state index contributed by atoms with van der Waals surface area (Å²) in [5.74, 6) is 1.22. The number of benzene rings is 1. The fourth-order valence-electron chi connectivity index (χ4n) is 3.01. The third-order valence-corrected chi connectivity index (χ3v) is 4.74. The van der Waals surface area contributed by atoms with E-state index in [1.165, 1.54) is 12.8 Å². The average Bonchev–Trinajstić information content (AvgIpc) is 3.31. The number of hydrogen-bond acceptors (Lipinski definition) is 3. The summed E-state index contributed by atoms with van der Waals surface area (Å²) in [6, 6.07) is 9.81. The Morgan fingerprint density at radius 3 is 2.48 bits per heavy atom. The van der Waals surface area contributed by atoms with Crippen molar-refractivity contribution in [1.29, 1.82) is 0 Å². The van der Waals surface area contributed by atoms with Crippen molar-refractivity contribution < 1.29 is 9.53 Å². The van der Waals surface area contributed by atoms with Crippen molar-refractivity contribution in [2.75, 3.05) is 0 Å². The molecule has 0 saturated heterocycles. The third kappa shape index (κ3) is 4.07. The average molecular weight is 287 g/mol. The first-order valence-corrected chi connectivity index (χ1v) is 8.00. The molecule has 21 heavy (non-hydrogen) atoms. The third-order valence-electron chi connectivity index (χ3n) is 4.74. The monoisotopic (exact) mass is 287 g/mol. The summed E-state index contributed by atoms with van der Waals surface area (Å²) in [5.41, 5.74) is 6.36. The van der Waals surface area contributed by atoms with E-state index < -0.39 is 0 Å². The molecule has 0 bridgehead atoms. The van der Waals surface area contributed by atoms with Gasteiger partial charge in [0.25, 0.3) is 0 Å². The number of nitrogens with two attached hydrogens (primary N) is 1. The molecule has 1 atom stereocenters. The molecule has 0 aliphatic heterocycles. The van der Waals surface area contributed by atoms with E-state index in [1.54, 1.807) is 0 Å². The minimum atomic E-state index is -0.121. The molecule has 2 aliphatic rings.